The number of nitrogens with zero attached hydrogens (tertiary/aromatic N) is 2. The maximum atomic E-state index is 9.21. The van der Waals surface area contributed by atoms with E-state index < -0.39 is 0 Å². The second-order valence-corrected chi connectivity index (χ2v) is 5.53. The summed E-state index contributed by atoms with van der Waals surface area (Å²) in [5.74, 6) is 0.562. The largest absolute Gasteiger partial charge is 0.263 e. The van der Waals surface area contributed by atoms with Crippen LogP contribution in [-0.4, -0.2) is 4.98 Å². The van der Waals surface area contributed by atoms with Crippen LogP contribution in [0.15, 0.2) is 12.4 Å². The van der Waals surface area contributed by atoms with Crippen LogP contribution in [0, 0.1) is 11.3 Å². The molecular weight excluding hydrogens is 244 g/mol. The summed E-state index contributed by atoms with van der Waals surface area (Å²) in [7, 11) is 0. The molecule has 0 amide bonds. The maximum Gasteiger partial charge on any atom is 0.101 e. The summed E-state index contributed by atoms with van der Waals surface area (Å²) in [6.45, 7) is 6.63. The van der Waals surface area contributed by atoms with E-state index in [2.05, 4.69) is 31.8 Å². The van der Waals surface area contributed by atoms with Gasteiger partial charge in [0.1, 0.15) is 6.07 Å². The van der Waals surface area contributed by atoms with Gasteiger partial charge in [-0.05, 0) is 36.3 Å². The fourth-order valence-electron chi connectivity index (χ4n) is 2.92. The van der Waals surface area contributed by atoms with Crippen molar-refractivity contribution in [1.29, 1.82) is 5.26 Å². The van der Waals surface area contributed by atoms with Gasteiger partial charge in [0.15, 0.2) is 0 Å². The molecule has 2 heteroatoms. The van der Waals surface area contributed by atoms with Crippen LogP contribution < -0.4 is 0 Å². The summed E-state index contributed by atoms with van der Waals surface area (Å²) in [6.07, 6.45) is 13.6. The van der Waals surface area contributed by atoms with Crippen LogP contribution in [0.25, 0.3) is 0 Å². The molecule has 1 unspecified atom stereocenters. The van der Waals surface area contributed by atoms with Crippen LogP contribution in [0.3, 0.4) is 0 Å². The number of nitriles is 1. The van der Waals surface area contributed by atoms with Gasteiger partial charge in [-0.2, -0.15) is 5.26 Å². The normalized spacial score (nSPS) is 12.1. The molecule has 0 aliphatic carbocycles. The predicted octanol–water partition coefficient (Wildman–Crippen LogP) is 5.37. The molecule has 20 heavy (non-hydrogen) atoms. The first-order chi connectivity index (χ1) is 9.78. The highest BCUT2D eigenvalue weighted by Gasteiger charge is 2.15. The summed E-state index contributed by atoms with van der Waals surface area (Å²) in [4.78, 5) is 4.27. The number of unbranched alkanes of at least 4 members (excludes halogenated alkanes) is 4. The number of hydrogen-bond acceptors (Lipinski definition) is 2. The third kappa shape index (κ3) is 4.63. The maximum absolute atomic E-state index is 9.21. The summed E-state index contributed by atoms with van der Waals surface area (Å²) in [5, 5.41) is 9.21. The third-order valence-electron chi connectivity index (χ3n) is 4.15. The third-order valence-corrected chi connectivity index (χ3v) is 4.15. The predicted molar refractivity (Wildman–Crippen MR) is 84.7 cm³/mol. The van der Waals surface area contributed by atoms with Gasteiger partial charge in [0.25, 0.3) is 0 Å². The van der Waals surface area contributed by atoms with Crippen molar-refractivity contribution in [1.82, 2.24) is 4.98 Å². The molecule has 1 rings (SSSR count). The number of aromatic nitrogens is 1. The van der Waals surface area contributed by atoms with Gasteiger partial charge in [-0.3, -0.25) is 4.98 Å². The van der Waals surface area contributed by atoms with Crippen LogP contribution in [0.1, 0.15) is 88.3 Å². The molecule has 0 aliphatic rings. The fraction of sp³-hybridized carbons (Fsp3) is 0.667. The summed E-state index contributed by atoms with van der Waals surface area (Å²) in [6, 6.07) is 2.29. The quantitative estimate of drug-likeness (QED) is 0.567. The summed E-state index contributed by atoms with van der Waals surface area (Å²) < 4.78 is 0. The van der Waals surface area contributed by atoms with Gasteiger partial charge < -0.3 is 0 Å². The van der Waals surface area contributed by atoms with Gasteiger partial charge in [-0.15, -0.1) is 0 Å². The van der Waals surface area contributed by atoms with Crippen molar-refractivity contribution in [3.05, 3.63) is 29.1 Å². The molecule has 0 saturated carbocycles. The van der Waals surface area contributed by atoms with Crippen molar-refractivity contribution >= 4 is 0 Å². The highest BCUT2D eigenvalue weighted by molar-refractivity contribution is 5.41. The Balaban J connectivity index is 2.72. The second kappa shape index (κ2) is 9.53. The van der Waals surface area contributed by atoms with Crippen LogP contribution in [0.2, 0.25) is 0 Å². The average molecular weight is 272 g/mol. The zero-order valence-corrected chi connectivity index (χ0v) is 13.3. The number of rotatable bonds is 9. The van der Waals surface area contributed by atoms with E-state index in [0.717, 1.165) is 18.4 Å². The molecule has 0 fully saturated rings. The Morgan fingerprint density at radius 2 is 1.85 bits per heavy atom. The minimum absolute atomic E-state index is 0.562. The van der Waals surface area contributed by atoms with Crippen molar-refractivity contribution in [2.45, 2.75) is 78.1 Å². The lowest BCUT2D eigenvalue weighted by Gasteiger charge is -2.19. The molecule has 0 radical (unpaired) electrons. The van der Waals surface area contributed by atoms with E-state index in [-0.39, 0.29) is 0 Å². The van der Waals surface area contributed by atoms with Crippen LogP contribution >= 0.6 is 0 Å². The Bertz CT molecular complexity index is 432. The fourth-order valence-corrected chi connectivity index (χ4v) is 2.92. The number of hydrogen-bond donors (Lipinski definition) is 0. The molecule has 2 nitrogen and oxygen atoms in total. The first kappa shape index (κ1) is 16.7. The van der Waals surface area contributed by atoms with Gasteiger partial charge in [0, 0.05) is 12.4 Å². The summed E-state index contributed by atoms with van der Waals surface area (Å²) >= 11 is 0. The summed E-state index contributed by atoms with van der Waals surface area (Å²) in [5.41, 5.74) is 3.28. The van der Waals surface area contributed by atoms with Gasteiger partial charge >= 0.3 is 0 Å². The van der Waals surface area contributed by atoms with Gasteiger partial charge in [0.05, 0.1) is 5.56 Å². The first-order valence-corrected chi connectivity index (χ1v) is 8.15. The zero-order valence-electron chi connectivity index (χ0n) is 13.3. The molecule has 1 atom stereocenters. The molecule has 1 heterocycles. The van der Waals surface area contributed by atoms with Crippen molar-refractivity contribution in [2.75, 3.05) is 0 Å². The molecular formula is C18H28N2. The van der Waals surface area contributed by atoms with Crippen molar-refractivity contribution in [2.24, 2.45) is 0 Å². The van der Waals surface area contributed by atoms with Crippen molar-refractivity contribution < 1.29 is 0 Å². The molecule has 0 N–H and O–H groups in total. The Labute approximate surface area is 124 Å². The van der Waals surface area contributed by atoms with E-state index in [0.29, 0.717) is 5.92 Å². The minimum atomic E-state index is 0.562. The average Bonchev–Trinajstić information content (AvgIpc) is 2.50. The topological polar surface area (TPSA) is 36.7 Å². The second-order valence-electron chi connectivity index (χ2n) is 5.53. The molecule has 110 valence electrons. The molecule has 0 aliphatic heterocycles. The van der Waals surface area contributed by atoms with Gasteiger partial charge in [-0.25, -0.2) is 0 Å². The van der Waals surface area contributed by atoms with Crippen molar-refractivity contribution in [3.63, 3.8) is 0 Å². The Morgan fingerprint density at radius 3 is 2.45 bits per heavy atom. The van der Waals surface area contributed by atoms with E-state index in [1.807, 2.05) is 6.20 Å². The lowest BCUT2D eigenvalue weighted by Crippen LogP contribution is -2.05. The van der Waals surface area contributed by atoms with E-state index in [1.165, 1.54) is 49.7 Å². The SMILES string of the molecule is CCCCCCCC(CC)c1cncc(C#N)c1CC. The molecule has 0 aromatic carbocycles. The van der Waals surface area contributed by atoms with Crippen molar-refractivity contribution in [3.8, 4) is 6.07 Å². The first-order valence-electron chi connectivity index (χ1n) is 8.15. The standard InChI is InChI=1S/C18H28N2/c1-4-7-8-9-10-11-15(5-2)18-14-20-13-16(12-19)17(18)6-3/h13-15H,4-11H2,1-3H3. The molecule has 1 aromatic rings. The minimum Gasteiger partial charge on any atom is -0.263 e. The van der Waals surface area contributed by atoms with Crippen LogP contribution in [-0.2, 0) is 6.42 Å². The highest BCUT2D eigenvalue weighted by atomic mass is 14.6. The van der Waals surface area contributed by atoms with E-state index in [1.54, 1.807) is 6.20 Å². The highest BCUT2D eigenvalue weighted by Crippen LogP contribution is 2.29. The molecule has 1 aromatic heterocycles. The molecule has 0 spiro atoms. The monoisotopic (exact) mass is 272 g/mol. The van der Waals surface area contributed by atoms with Crippen LogP contribution in [0.4, 0.5) is 0 Å². The van der Waals surface area contributed by atoms with Gasteiger partial charge in [0.2, 0.25) is 0 Å². The van der Waals surface area contributed by atoms with E-state index >= 15 is 0 Å². The molecule has 0 bridgehead atoms. The Kier molecular flexibility index (Phi) is 7.95. The Hall–Kier alpha value is -1.36. The van der Waals surface area contributed by atoms with E-state index in [4.69, 9.17) is 0 Å². The number of pyridine rings is 1. The Morgan fingerprint density at radius 1 is 1.10 bits per heavy atom. The van der Waals surface area contributed by atoms with Gasteiger partial charge in [-0.1, -0.05) is 52.9 Å². The lowest BCUT2D eigenvalue weighted by molar-refractivity contribution is 0.531. The van der Waals surface area contributed by atoms with Crippen LogP contribution in [0.5, 0.6) is 0 Å². The smallest absolute Gasteiger partial charge is 0.101 e. The lowest BCUT2D eigenvalue weighted by atomic mass is 9.86. The van der Waals surface area contributed by atoms with E-state index in [9.17, 15) is 5.26 Å². The molecule has 0 saturated heterocycles. The zero-order chi connectivity index (χ0) is 14.8.